The zero-order valence-electron chi connectivity index (χ0n) is 11.4. The molecule has 104 valence electrons. The van der Waals surface area contributed by atoms with Gasteiger partial charge >= 0.3 is 6.09 Å². The minimum absolute atomic E-state index is 0.246. The molecular formula is C13H18N2O4. The molecule has 0 bridgehead atoms. The number of primary amides is 1. The molecule has 0 saturated carbocycles. The summed E-state index contributed by atoms with van der Waals surface area (Å²) in [6.45, 7) is 6.94. The summed E-state index contributed by atoms with van der Waals surface area (Å²) in [5, 5.41) is 2.42. The molecule has 2 amide bonds. The van der Waals surface area contributed by atoms with Gasteiger partial charge < -0.3 is 5.73 Å². The molecule has 0 radical (unpaired) electrons. The van der Waals surface area contributed by atoms with Crippen molar-refractivity contribution in [2.45, 2.75) is 33.3 Å². The van der Waals surface area contributed by atoms with Crippen molar-refractivity contribution >= 4 is 17.7 Å². The van der Waals surface area contributed by atoms with Gasteiger partial charge in [0.25, 0.3) is 5.91 Å². The third-order valence-corrected chi connectivity index (χ3v) is 2.12. The standard InChI is InChI=1S/C13H18N2O4/c1-8-6-5-7-9(10(8)11(14)16)15-12(17)18-19-13(2,3)4/h5-7H,1-4H3,(H2,14,16)(H,15,17). The van der Waals surface area contributed by atoms with Crippen LogP contribution in [0.3, 0.4) is 0 Å². The average Bonchev–Trinajstić information content (AvgIpc) is 2.25. The Balaban J connectivity index is 2.80. The molecule has 0 aliphatic carbocycles. The summed E-state index contributed by atoms with van der Waals surface area (Å²) in [6, 6.07) is 4.98. The summed E-state index contributed by atoms with van der Waals surface area (Å²) < 4.78 is 0. The number of rotatable bonds is 3. The molecule has 3 N–H and O–H groups in total. The van der Waals surface area contributed by atoms with Gasteiger partial charge in [0.2, 0.25) is 0 Å². The molecule has 0 fully saturated rings. The van der Waals surface area contributed by atoms with Crippen LogP contribution in [0, 0.1) is 6.92 Å². The van der Waals surface area contributed by atoms with Gasteiger partial charge in [-0.3, -0.25) is 15.0 Å². The summed E-state index contributed by atoms with van der Waals surface area (Å²) >= 11 is 0. The molecule has 0 saturated heterocycles. The van der Waals surface area contributed by atoms with E-state index in [9.17, 15) is 9.59 Å². The number of amides is 2. The summed E-state index contributed by atoms with van der Waals surface area (Å²) in [4.78, 5) is 32.3. The maximum atomic E-state index is 11.5. The molecule has 1 aromatic carbocycles. The quantitative estimate of drug-likeness (QED) is 0.649. The van der Waals surface area contributed by atoms with Gasteiger partial charge in [0.05, 0.1) is 11.3 Å². The summed E-state index contributed by atoms with van der Waals surface area (Å²) in [6.07, 6.45) is -0.817. The van der Waals surface area contributed by atoms with E-state index in [2.05, 4.69) is 10.2 Å². The fraction of sp³-hybridized carbons (Fsp3) is 0.385. The van der Waals surface area contributed by atoms with E-state index in [1.54, 1.807) is 45.9 Å². The third kappa shape index (κ3) is 4.59. The van der Waals surface area contributed by atoms with Gasteiger partial charge in [-0.15, -0.1) is 0 Å². The molecule has 19 heavy (non-hydrogen) atoms. The van der Waals surface area contributed by atoms with Gasteiger partial charge in [0, 0.05) is 0 Å². The topological polar surface area (TPSA) is 90.7 Å². The zero-order valence-corrected chi connectivity index (χ0v) is 11.4. The van der Waals surface area contributed by atoms with E-state index in [1.807, 2.05) is 0 Å². The van der Waals surface area contributed by atoms with Crippen molar-refractivity contribution in [1.29, 1.82) is 0 Å². The number of hydrogen-bond acceptors (Lipinski definition) is 4. The number of aryl methyl sites for hydroxylation is 1. The first kappa shape index (κ1) is 15.0. The molecule has 1 aromatic rings. The van der Waals surface area contributed by atoms with Crippen LogP contribution in [0.4, 0.5) is 10.5 Å². The Morgan fingerprint density at radius 2 is 1.89 bits per heavy atom. The molecule has 6 nitrogen and oxygen atoms in total. The van der Waals surface area contributed by atoms with Gasteiger partial charge in [-0.1, -0.05) is 12.1 Å². The lowest BCUT2D eigenvalue weighted by atomic mass is 10.1. The Bertz CT molecular complexity index is 492. The minimum Gasteiger partial charge on any atom is -0.366 e. The molecule has 6 heteroatoms. The van der Waals surface area contributed by atoms with Crippen molar-refractivity contribution in [3.63, 3.8) is 0 Å². The maximum absolute atomic E-state index is 11.5. The smallest absolute Gasteiger partial charge is 0.366 e. The monoisotopic (exact) mass is 266 g/mol. The zero-order chi connectivity index (χ0) is 14.6. The fourth-order valence-corrected chi connectivity index (χ4v) is 1.39. The molecule has 0 spiro atoms. The highest BCUT2D eigenvalue weighted by atomic mass is 17.2. The Morgan fingerprint density at radius 3 is 2.42 bits per heavy atom. The largest absolute Gasteiger partial charge is 0.443 e. The molecule has 1 rings (SSSR count). The first-order valence-corrected chi connectivity index (χ1v) is 5.77. The highest BCUT2D eigenvalue weighted by Crippen LogP contribution is 2.19. The van der Waals surface area contributed by atoms with E-state index in [4.69, 9.17) is 10.6 Å². The molecule has 0 aliphatic heterocycles. The van der Waals surface area contributed by atoms with Gasteiger partial charge in [-0.2, -0.15) is 4.89 Å². The second kappa shape index (κ2) is 5.71. The highest BCUT2D eigenvalue weighted by Gasteiger charge is 2.17. The number of hydrogen-bond donors (Lipinski definition) is 2. The number of nitrogens with two attached hydrogens (primary N) is 1. The van der Waals surface area contributed by atoms with Gasteiger partial charge in [-0.25, -0.2) is 4.79 Å². The van der Waals surface area contributed by atoms with Crippen LogP contribution in [0.2, 0.25) is 0 Å². The molecule has 0 aromatic heterocycles. The maximum Gasteiger partial charge on any atom is 0.443 e. The Hall–Kier alpha value is -2.08. The van der Waals surface area contributed by atoms with Crippen molar-refractivity contribution in [3.05, 3.63) is 29.3 Å². The first-order valence-electron chi connectivity index (χ1n) is 5.77. The van der Waals surface area contributed by atoms with E-state index in [-0.39, 0.29) is 11.3 Å². The van der Waals surface area contributed by atoms with Crippen LogP contribution in [-0.2, 0) is 9.78 Å². The lowest BCUT2D eigenvalue weighted by Gasteiger charge is -2.17. The summed E-state index contributed by atoms with van der Waals surface area (Å²) in [5.74, 6) is -0.620. The predicted octanol–water partition coefficient (Wildman–Crippen LogP) is 2.37. The van der Waals surface area contributed by atoms with Crippen LogP contribution in [0.25, 0.3) is 0 Å². The Kier molecular flexibility index (Phi) is 4.50. The number of nitrogens with one attached hydrogen (secondary N) is 1. The fourth-order valence-electron chi connectivity index (χ4n) is 1.39. The molecular weight excluding hydrogens is 248 g/mol. The van der Waals surface area contributed by atoms with Crippen LogP contribution >= 0.6 is 0 Å². The van der Waals surface area contributed by atoms with Crippen molar-refractivity contribution in [3.8, 4) is 0 Å². The van der Waals surface area contributed by atoms with Crippen LogP contribution in [0.15, 0.2) is 18.2 Å². The lowest BCUT2D eigenvalue weighted by Crippen LogP contribution is -2.25. The third-order valence-electron chi connectivity index (χ3n) is 2.12. The van der Waals surface area contributed by atoms with Gasteiger partial charge in [0.15, 0.2) is 0 Å². The number of carbonyl (C=O) groups excluding carboxylic acids is 2. The number of benzene rings is 1. The van der Waals surface area contributed by atoms with Crippen LogP contribution in [-0.4, -0.2) is 17.6 Å². The summed E-state index contributed by atoms with van der Waals surface area (Å²) in [5.41, 5.74) is 5.86. The SMILES string of the molecule is Cc1cccc(NC(=O)OOC(C)(C)C)c1C(N)=O. The van der Waals surface area contributed by atoms with Crippen LogP contribution in [0.5, 0.6) is 0 Å². The summed E-state index contributed by atoms with van der Waals surface area (Å²) in [7, 11) is 0. The Morgan fingerprint density at radius 1 is 1.26 bits per heavy atom. The molecule has 0 aliphatic rings. The predicted molar refractivity (Wildman–Crippen MR) is 70.6 cm³/mol. The first-order chi connectivity index (χ1) is 8.70. The van der Waals surface area contributed by atoms with Crippen molar-refractivity contribution in [1.82, 2.24) is 0 Å². The van der Waals surface area contributed by atoms with Crippen molar-refractivity contribution < 1.29 is 19.4 Å². The van der Waals surface area contributed by atoms with E-state index >= 15 is 0 Å². The van der Waals surface area contributed by atoms with E-state index < -0.39 is 17.6 Å². The van der Waals surface area contributed by atoms with Gasteiger partial charge in [0.1, 0.15) is 5.60 Å². The Labute approximate surface area is 111 Å². The van der Waals surface area contributed by atoms with E-state index in [1.165, 1.54) is 0 Å². The highest BCUT2D eigenvalue weighted by molar-refractivity contribution is 6.02. The second-order valence-corrected chi connectivity index (χ2v) is 5.05. The van der Waals surface area contributed by atoms with E-state index in [0.29, 0.717) is 5.56 Å². The lowest BCUT2D eigenvalue weighted by molar-refractivity contribution is -0.297. The molecule has 0 unspecified atom stereocenters. The van der Waals surface area contributed by atoms with Crippen molar-refractivity contribution in [2.24, 2.45) is 5.73 Å². The molecule has 0 heterocycles. The minimum atomic E-state index is -0.817. The van der Waals surface area contributed by atoms with Gasteiger partial charge in [-0.05, 0) is 39.3 Å². The molecule has 0 atom stereocenters. The average molecular weight is 266 g/mol. The number of anilines is 1. The normalized spacial score (nSPS) is 10.9. The van der Waals surface area contributed by atoms with Crippen molar-refractivity contribution in [2.75, 3.05) is 5.32 Å². The number of carbonyl (C=O) groups is 2. The van der Waals surface area contributed by atoms with Crippen LogP contribution < -0.4 is 11.1 Å². The van der Waals surface area contributed by atoms with E-state index in [0.717, 1.165) is 0 Å². The van der Waals surface area contributed by atoms with Crippen LogP contribution in [0.1, 0.15) is 36.7 Å². The second-order valence-electron chi connectivity index (χ2n) is 5.05.